The van der Waals surface area contributed by atoms with E-state index in [2.05, 4.69) is 5.32 Å². The fourth-order valence-electron chi connectivity index (χ4n) is 2.53. The number of alkyl halides is 2. The van der Waals surface area contributed by atoms with E-state index in [1.165, 1.54) is 0 Å². The Morgan fingerprint density at radius 3 is 2.00 bits per heavy atom. The third-order valence-corrected chi connectivity index (χ3v) is 3.31. The minimum atomic E-state index is -2.45. The van der Waals surface area contributed by atoms with Crippen LogP contribution in [0.3, 0.4) is 0 Å². The van der Waals surface area contributed by atoms with Crippen molar-refractivity contribution in [2.45, 2.75) is 50.0 Å². The zero-order chi connectivity index (χ0) is 8.66. The molecule has 0 aromatic heterocycles. The molecule has 0 aromatic rings. The molecule has 0 atom stereocenters. The molecule has 1 saturated carbocycles. The minimum Gasteiger partial charge on any atom is -0.306 e. The number of rotatable bonds is 0. The van der Waals surface area contributed by atoms with Crippen LogP contribution in [-0.4, -0.2) is 18.0 Å². The van der Waals surface area contributed by atoms with Gasteiger partial charge in [0.05, 0.1) is 5.54 Å². The molecule has 1 spiro atoms. The lowest BCUT2D eigenvalue weighted by Gasteiger charge is -2.38. The predicted molar refractivity (Wildman–Crippen MR) is 50.6 cm³/mol. The fourth-order valence-corrected chi connectivity index (χ4v) is 2.53. The fraction of sp³-hybridized carbons (Fsp3) is 1.00. The first kappa shape index (κ1) is 11.2. The molecular weight excluding hydrogens is 196 g/mol. The zero-order valence-electron chi connectivity index (χ0n) is 7.61. The van der Waals surface area contributed by atoms with Crippen molar-refractivity contribution in [2.75, 3.05) is 6.54 Å². The molecule has 13 heavy (non-hydrogen) atoms. The lowest BCUT2D eigenvalue weighted by molar-refractivity contribution is -0.0745. The molecule has 1 aliphatic heterocycles. The molecule has 0 unspecified atom stereocenters. The monoisotopic (exact) mass is 211 g/mol. The highest BCUT2D eigenvalue weighted by atomic mass is 35.5. The van der Waals surface area contributed by atoms with Gasteiger partial charge in [0.15, 0.2) is 0 Å². The number of hydrogen-bond donors (Lipinski definition) is 1. The van der Waals surface area contributed by atoms with Gasteiger partial charge in [-0.25, -0.2) is 8.78 Å². The van der Waals surface area contributed by atoms with Crippen LogP contribution in [0.25, 0.3) is 0 Å². The zero-order valence-corrected chi connectivity index (χ0v) is 8.43. The lowest BCUT2D eigenvalue weighted by atomic mass is 9.78. The average Bonchev–Trinajstić information content (AvgIpc) is 2.30. The minimum absolute atomic E-state index is 0. The highest BCUT2D eigenvalue weighted by molar-refractivity contribution is 5.85. The van der Waals surface area contributed by atoms with Crippen LogP contribution in [0.4, 0.5) is 8.78 Å². The molecule has 1 aliphatic carbocycles. The molecule has 78 valence electrons. The number of halogens is 3. The van der Waals surface area contributed by atoms with Crippen molar-refractivity contribution in [3.63, 3.8) is 0 Å². The molecule has 0 aromatic carbocycles. The summed E-state index contributed by atoms with van der Waals surface area (Å²) in [6.45, 7) is 0.493. The van der Waals surface area contributed by atoms with E-state index < -0.39 is 11.5 Å². The molecule has 2 fully saturated rings. The molecule has 1 saturated heterocycles. The number of hydrogen-bond acceptors (Lipinski definition) is 1. The van der Waals surface area contributed by atoms with E-state index in [0.717, 1.165) is 19.3 Å². The summed E-state index contributed by atoms with van der Waals surface area (Å²) in [5.74, 6) is -2.45. The summed E-state index contributed by atoms with van der Waals surface area (Å²) in [4.78, 5) is 0. The van der Waals surface area contributed by atoms with Crippen LogP contribution in [0.1, 0.15) is 38.5 Å². The van der Waals surface area contributed by atoms with Gasteiger partial charge < -0.3 is 5.32 Å². The molecule has 0 amide bonds. The van der Waals surface area contributed by atoms with E-state index in [0.29, 0.717) is 19.4 Å². The summed E-state index contributed by atoms with van der Waals surface area (Å²) in [6, 6.07) is 0. The number of nitrogens with one attached hydrogen (secondary N) is 1. The maximum absolute atomic E-state index is 13.4. The standard InChI is InChI=1S/C9H15F2N.ClH/c10-9(11)6-7-12-8(9)4-2-1-3-5-8;/h12H,1-7H2;1H. The van der Waals surface area contributed by atoms with Crippen molar-refractivity contribution in [3.8, 4) is 0 Å². The van der Waals surface area contributed by atoms with Crippen LogP contribution in [0, 0.1) is 0 Å². The molecule has 0 radical (unpaired) electrons. The molecule has 2 rings (SSSR count). The molecular formula is C9H16ClF2N. The first-order valence-corrected chi connectivity index (χ1v) is 4.79. The molecule has 1 heterocycles. The second-order valence-electron chi connectivity index (χ2n) is 4.02. The SMILES string of the molecule is Cl.FC1(F)CCNC12CCCCC2. The van der Waals surface area contributed by atoms with Gasteiger partial charge in [-0.1, -0.05) is 19.3 Å². The van der Waals surface area contributed by atoms with Crippen molar-refractivity contribution >= 4 is 12.4 Å². The Labute approximate surface area is 83.7 Å². The Morgan fingerprint density at radius 1 is 0.923 bits per heavy atom. The van der Waals surface area contributed by atoms with Crippen LogP contribution in [0.15, 0.2) is 0 Å². The van der Waals surface area contributed by atoms with E-state index in [-0.39, 0.29) is 18.8 Å². The van der Waals surface area contributed by atoms with Crippen LogP contribution >= 0.6 is 12.4 Å². The van der Waals surface area contributed by atoms with Gasteiger partial charge in [0.1, 0.15) is 0 Å². The topological polar surface area (TPSA) is 12.0 Å². The predicted octanol–water partition coefficient (Wildman–Crippen LogP) is 2.74. The van der Waals surface area contributed by atoms with E-state index in [4.69, 9.17) is 0 Å². The second-order valence-corrected chi connectivity index (χ2v) is 4.02. The average molecular weight is 212 g/mol. The Kier molecular flexibility index (Phi) is 3.18. The van der Waals surface area contributed by atoms with Crippen molar-refractivity contribution in [1.82, 2.24) is 5.32 Å². The third kappa shape index (κ3) is 1.68. The quantitative estimate of drug-likeness (QED) is 0.650. The van der Waals surface area contributed by atoms with Gasteiger partial charge in [0.2, 0.25) is 0 Å². The Balaban J connectivity index is 0.000000845. The molecule has 2 aliphatic rings. The molecule has 4 heteroatoms. The smallest absolute Gasteiger partial charge is 0.267 e. The second kappa shape index (κ2) is 3.70. The van der Waals surface area contributed by atoms with Gasteiger partial charge in [0.25, 0.3) is 5.92 Å². The van der Waals surface area contributed by atoms with Crippen LogP contribution in [0.2, 0.25) is 0 Å². The largest absolute Gasteiger partial charge is 0.306 e. The van der Waals surface area contributed by atoms with Gasteiger partial charge in [0, 0.05) is 13.0 Å². The van der Waals surface area contributed by atoms with Crippen molar-refractivity contribution in [2.24, 2.45) is 0 Å². The van der Waals surface area contributed by atoms with Gasteiger partial charge in [-0.2, -0.15) is 0 Å². The van der Waals surface area contributed by atoms with E-state index >= 15 is 0 Å². The summed E-state index contributed by atoms with van der Waals surface area (Å²) < 4.78 is 26.8. The molecule has 1 nitrogen and oxygen atoms in total. The normalized spacial score (nSPS) is 30.0. The Morgan fingerprint density at radius 2 is 1.54 bits per heavy atom. The maximum Gasteiger partial charge on any atom is 0.267 e. The summed E-state index contributed by atoms with van der Waals surface area (Å²) in [6.07, 6.45) is 4.41. The summed E-state index contributed by atoms with van der Waals surface area (Å²) in [5.41, 5.74) is -0.814. The first-order valence-electron chi connectivity index (χ1n) is 4.79. The van der Waals surface area contributed by atoms with Gasteiger partial charge in [-0.05, 0) is 12.8 Å². The van der Waals surface area contributed by atoms with Crippen LogP contribution < -0.4 is 5.32 Å². The van der Waals surface area contributed by atoms with Crippen molar-refractivity contribution in [3.05, 3.63) is 0 Å². The van der Waals surface area contributed by atoms with Gasteiger partial charge >= 0.3 is 0 Å². The van der Waals surface area contributed by atoms with E-state index in [1.807, 2.05) is 0 Å². The Hall–Kier alpha value is 0.110. The lowest BCUT2D eigenvalue weighted by Crippen LogP contribution is -2.52. The highest BCUT2D eigenvalue weighted by Crippen LogP contribution is 2.45. The molecule has 1 N–H and O–H groups in total. The first-order chi connectivity index (χ1) is 5.66. The molecule has 0 bridgehead atoms. The maximum atomic E-state index is 13.4. The Bertz CT molecular complexity index is 178. The summed E-state index contributed by atoms with van der Waals surface area (Å²) in [7, 11) is 0. The van der Waals surface area contributed by atoms with E-state index in [1.54, 1.807) is 0 Å². The van der Waals surface area contributed by atoms with Gasteiger partial charge in [-0.3, -0.25) is 0 Å². The van der Waals surface area contributed by atoms with Gasteiger partial charge in [-0.15, -0.1) is 12.4 Å². The van der Waals surface area contributed by atoms with E-state index in [9.17, 15) is 8.78 Å². The summed E-state index contributed by atoms with van der Waals surface area (Å²) in [5, 5.41) is 3.01. The van der Waals surface area contributed by atoms with Crippen molar-refractivity contribution < 1.29 is 8.78 Å². The van der Waals surface area contributed by atoms with Crippen LogP contribution in [-0.2, 0) is 0 Å². The third-order valence-electron chi connectivity index (χ3n) is 3.31. The van der Waals surface area contributed by atoms with Crippen LogP contribution in [0.5, 0.6) is 0 Å². The summed E-state index contributed by atoms with van der Waals surface area (Å²) >= 11 is 0. The van der Waals surface area contributed by atoms with Crippen molar-refractivity contribution in [1.29, 1.82) is 0 Å². The highest BCUT2D eigenvalue weighted by Gasteiger charge is 2.56.